The van der Waals surface area contributed by atoms with Crippen molar-refractivity contribution in [2.75, 3.05) is 5.32 Å². The van der Waals surface area contributed by atoms with Crippen LogP contribution in [0.15, 0.2) is 86.1 Å². The van der Waals surface area contributed by atoms with Gasteiger partial charge in [0, 0.05) is 31.4 Å². The van der Waals surface area contributed by atoms with Crippen LogP contribution in [0.25, 0.3) is 33.9 Å². The summed E-state index contributed by atoms with van der Waals surface area (Å²) in [6.07, 6.45) is 0. The van der Waals surface area contributed by atoms with E-state index in [1.54, 1.807) is 36.4 Å². The number of nitro benzene ring substituents is 1. The summed E-state index contributed by atoms with van der Waals surface area (Å²) in [4.78, 5) is 27.8. The van der Waals surface area contributed by atoms with Crippen LogP contribution in [0.5, 0.6) is 0 Å². The van der Waals surface area contributed by atoms with Crippen molar-refractivity contribution < 1.29 is 18.6 Å². The second-order valence-corrected chi connectivity index (χ2v) is 9.35. The summed E-state index contributed by atoms with van der Waals surface area (Å²) in [5.41, 5.74) is 2.98. The SMILES string of the molecule is O=C(Nc1ccc2oc(-c3cc(I)ccc3Br)nc2c1)c1ccc(-c2cccc([N+](=O)[O-])c2)o1. The lowest BCUT2D eigenvalue weighted by atomic mass is 10.1. The maximum atomic E-state index is 12.7. The number of fused-ring (bicyclic) bond motifs is 1. The van der Waals surface area contributed by atoms with Crippen molar-refractivity contribution in [1.29, 1.82) is 0 Å². The molecule has 3 aromatic carbocycles. The molecular formula is C24H13BrIN3O5. The number of nitrogens with one attached hydrogen (secondary N) is 1. The normalized spacial score (nSPS) is 11.0. The number of non-ortho nitro benzene ring substituents is 1. The van der Waals surface area contributed by atoms with E-state index in [1.165, 1.54) is 18.2 Å². The average molecular weight is 630 g/mol. The van der Waals surface area contributed by atoms with Gasteiger partial charge in [0.1, 0.15) is 11.3 Å². The topological polar surface area (TPSA) is 111 Å². The largest absolute Gasteiger partial charge is 0.451 e. The molecule has 0 atom stereocenters. The third-order valence-electron chi connectivity index (χ3n) is 4.98. The molecule has 0 aliphatic carbocycles. The lowest BCUT2D eigenvalue weighted by Crippen LogP contribution is -2.10. The summed E-state index contributed by atoms with van der Waals surface area (Å²) < 4.78 is 13.4. The second kappa shape index (κ2) is 9.03. The third-order valence-corrected chi connectivity index (χ3v) is 6.34. The maximum absolute atomic E-state index is 12.7. The van der Waals surface area contributed by atoms with Crippen molar-refractivity contribution in [2.45, 2.75) is 0 Å². The van der Waals surface area contributed by atoms with Gasteiger partial charge in [-0.25, -0.2) is 4.98 Å². The highest BCUT2D eigenvalue weighted by atomic mass is 127. The minimum atomic E-state index is -0.483. The van der Waals surface area contributed by atoms with Crippen molar-refractivity contribution in [2.24, 2.45) is 0 Å². The number of aromatic nitrogens is 1. The van der Waals surface area contributed by atoms with Crippen LogP contribution >= 0.6 is 38.5 Å². The minimum absolute atomic E-state index is 0.0579. The van der Waals surface area contributed by atoms with Gasteiger partial charge in [-0.1, -0.05) is 12.1 Å². The molecule has 0 saturated heterocycles. The van der Waals surface area contributed by atoms with Crippen LogP contribution in [-0.4, -0.2) is 15.8 Å². The maximum Gasteiger partial charge on any atom is 0.291 e. The molecular weight excluding hydrogens is 617 g/mol. The fourth-order valence-electron chi connectivity index (χ4n) is 3.36. The van der Waals surface area contributed by atoms with Gasteiger partial charge in [0.05, 0.1) is 10.5 Å². The number of nitrogens with zero attached hydrogens (tertiary/aromatic N) is 2. The first-order chi connectivity index (χ1) is 16.4. The molecule has 5 aromatic rings. The molecule has 2 aromatic heterocycles. The number of furan rings is 1. The number of carbonyl (C=O) groups is 1. The van der Waals surface area contributed by atoms with Crippen molar-refractivity contribution in [3.8, 4) is 22.8 Å². The molecule has 168 valence electrons. The van der Waals surface area contributed by atoms with Crippen LogP contribution in [0.1, 0.15) is 10.6 Å². The average Bonchev–Trinajstić information content (AvgIpc) is 3.48. The molecule has 5 rings (SSSR count). The molecule has 0 aliphatic heterocycles. The Morgan fingerprint density at radius 3 is 2.71 bits per heavy atom. The summed E-state index contributed by atoms with van der Waals surface area (Å²) in [5.74, 6) is 0.440. The molecule has 0 fully saturated rings. The fourth-order valence-corrected chi connectivity index (χ4v) is 4.27. The highest BCUT2D eigenvalue weighted by Crippen LogP contribution is 2.32. The Bertz CT molecular complexity index is 1580. The summed E-state index contributed by atoms with van der Waals surface area (Å²) in [6, 6.07) is 20.2. The molecule has 34 heavy (non-hydrogen) atoms. The van der Waals surface area contributed by atoms with Crippen molar-refractivity contribution in [1.82, 2.24) is 4.98 Å². The summed E-state index contributed by atoms with van der Waals surface area (Å²) in [5, 5.41) is 13.8. The van der Waals surface area contributed by atoms with Crippen LogP contribution in [0.4, 0.5) is 11.4 Å². The number of anilines is 1. The van der Waals surface area contributed by atoms with Crippen LogP contribution < -0.4 is 5.32 Å². The lowest BCUT2D eigenvalue weighted by molar-refractivity contribution is -0.384. The zero-order chi connectivity index (χ0) is 23.8. The molecule has 0 unspecified atom stereocenters. The van der Waals surface area contributed by atoms with Crippen LogP contribution in [0, 0.1) is 13.7 Å². The monoisotopic (exact) mass is 629 g/mol. The smallest absolute Gasteiger partial charge is 0.291 e. The van der Waals surface area contributed by atoms with E-state index in [0.29, 0.717) is 34.0 Å². The number of hydrogen-bond acceptors (Lipinski definition) is 6. The Kier molecular flexibility index (Phi) is 5.92. The predicted octanol–water partition coefficient (Wildman–Crippen LogP) is 7.28. The van der Waals surface area contributed by atoms with E-state index >= 15 is 0 Å². The molecule has 0 spiro atoms. The minimum Gasteiger partial charge on any atom is -0.451 e. The number of halogens is 2. The lowest BCUT2D eigenvalue weighted by Gasteiger charge is -2.02. The zero-order valence-electron chi connectivity index (χ0n) is 17.1. The molecule has 1 amide bonds. The Morgan fingerprint density at radius 1 is 1.03 bits per heavy atom. The van der Waals surface area contributed by atoms with Gasteiger partial charge in [0.15, 0.2) is 11.3 Å². The Hall–Kier alpha value is -3.51. The fraction of sp³-hybridized carbons (Fsp3) is 0. The van der Waals surface area contributed by atoms with E-state index in [0.717, 1.165) is 13.6 Å². The molecule has 10 heteroatoms. The molecule has 8 nitrogen and oxygen atoms in total. The van der Waals surface area contributed by atoms with Gasteiger partial charge < -0.3 is 14.2 Å². The quantitative estimate of drug-likeness (QED) is 0.124. The van der Waals surface area contributed by atoms with E-state index in [2.05, 4.69) is 48.8 Å². The Morgan fingerprint density at radius 2 is 1.88 bits per heavy atom. The highest BCUT2D eigenvalue weighted by Gasteiger charge is 2.16. The van der Waals surface area contributed by atoms with E-state index in [4.69, 9.17) is 8.83 Å². The first-order valence-corrected chi connectivity index (χ1v) is 11.8. The summed E-state index contributed by atoms with van der Waals surface area (Å²) in [7, 11) is 0. The number of benzene rings is 3. The van der Waals surface area contributed by atoms with Crippen molar-refractivity contribution in [3.63, 3.8) is 0 Å². The van der Waals surface area contributed by atoms with Gasteiger partial charge in [0.25, 0.3) is 11.6 Å². The van der Waals surface area contributed by atoms with Gasteiger partial charge in [0.2, 0.25) is 5.89 Å². The summed E-state index contributed by atoms with van der Waals surface area (Å²) in [6.45, 7) is 0. The number of oxazole rings is 1. The summed E-state index contributed by atoms with van der Waals surface area (Å²) >= 11 is 5.75. The van der Waals surface area contributed by atoms with Gasteiger partial charge in [-0.2, -0.15) is 0 Å². The molecule has 1 N–H and O–H groups in total. The van der Waals surface area contributed by atoms with E-state index in [-0.39, 0.29) is 11.4 Å². The van der Waals surface area contributed by atoms with Crippen LogP contribution in [0.2, 0.25) is 0 Å². The molecule has 0 radical (unpaired) electrons. The van der Waals surface area contributed by atoms with Gasteiger partial charge >= 0.3 is 0 Å². The van der Waals surface area contributed by atoms with Crippen molar-refractivity contribution in [3.05, 3.63) is 96.7 Å². The van der Waals surface area contributed by atoms with Gasteiger partial charge in [-0.15, -0.1) is 0 Å². The molecule has 2 heterocycles. The number of nitro groups is 1. The van der Waals surface area contributed by atoms with E-state index in [9.17, 15) is 14.9 Å². The van der Waals surface area contributed by atoms with E-state index in [1.807, 2.05) is 18.2 Å². The second-order valence-electron chi connectivity index (χ2n) is 7.25. The van der Waals surface area contributed by atoms with Crippen LogP contribution in [-0.2, 0) is 0 Å². The highest BCUT2D eigenvalue weighted by molar-refractivity contribution is 14.1. The predicted molar refractivity (Wildman–Crippen MR) is 139 cm³/mol. The molecule has 0 saturated carbocycles. The Balaban J connectivity index is 1.37. The first-order valence-electron chi connectivity index (χ1n) is 9.89. The molecule has 0 aliphatic rings. The van der Waals surface area contributed by atoms with Gasteiger partial charge in [-0.05, 0) is 87.1 Å². The third kappa shape index (κ3) is 4.46. The number of rotatable bonds is 5. The number of amides is 1. The number of carbonyl (C=O) groups excluding carboxylic acids is 1. The van der Waals surface area contributed by atoms with Crippen molar-refractivity contribution >= 4 is 66.9 Å². The Labute approximate surface area is 214 Å². The van der Waals surface area contributed by atoms with Crippen LogP contribution in [0.3, 0.4) is 0 Å². The van der Waals surface area contributed by atoms with E-state index < -0.39 is 10.8 Å². The van der Waals surface area contributed by atoms with Gasteiger partial charge in [-0.3, -0.25) is 14.9 Å². The molecule has 0 bridgehead atoms. The number of hydrogen-bond donors (Lipinski definition) is 1. The first kappa shape index (κ1) is 22.3. The standard InChI is InChI=1S/C24H13BrIN3O5/c25-18-6-4-14(26)11-17(18)24-28-19-12-15(5-7-21(19)34-24)27-23(30)22-9-8-20(33-22)13-2-1-3-16(10-13)29(31)32/h1-12H,(H,27,30). The zero-order valence-corrected chi connectivity index (χ0v) is 20.9.